The Morgan fingerprint density at radius 3 is 3.00 bits per heavy atom. The Bertz CT molecular complexity index is 265. The fourth-order valence-electron chi connectivity index (χ4n) is 1.12. The number of nitrogens with one attached hydrogen (secondary N) is 2. The second-order valence-electron chi connectivity index (χ2n) is 2.94. The number of hydrogen-bond acceptors (Lipinski definition) is 3. The molecule has 1 fully saturated rings. The lowest BCUT2D eigenvalue weighted by molar-refractivity contribution is 0.0907. The number of carbonyl (C=O) groups is 1. The molecule has 5 heteroatoms. The van der Waals surface area contributed by atoms with Crippen molar-refractivity contribution in [1.29, 1.82) is 0 Å². The highest BCUT2D eigenvalue weighted by Crippen LogP contribution is 2.17. The van der Waals surface area contributed by atoms with Crippen LogP contribution in [-0.2, 0) is 0 Å². The van der Waals surface area contributed by atoms with Gasteiger partial charge in [0, 0.05) is 6.04 Å². The second kappa shape index (κ2) is 2.92. The fraction of sp³-hybridized carbons (Fsp3) is 0.571. The minimum atomic E-state index is -0.155. The van der Waals surface area contributed by atoms with Crippen LogP contribution in [0, 0.1) is 0 Å². The number of rotatable bonds is 2. The van der Waals surface area contributed by atoms with Gasteiger partial charge in [-0.3, -0.25) is 9.89 Å². The Balaban J connectivity index is 1.92. The third kappa shape index (κ3) is 1.30. The minimum absolute atomic E-state index is 0.155. The molecule has 12 heavy (non-hydrogen) atoms. The molecule has 2 rings (SSSR count). The van der Waals surface area contributed by atoms with Crippen molar-refractivity contribution in [2.24, 2.45) is 0 Å². The molecule has 1 aliphatic carbocycles. The first-order valence-electron chi connectivity index (χ1n) is 4.02. The summed E-state index contributed by atoms with van der Waals surface area (Å²) in [5.41, 5.74) is 0. The molecule has 0 saturated heterocycles. The Labute approximate surface area is 69.6 Å². The molecule has 1 aliphatic rings. The lowest BCUT2D eigenvalue weighted by Crippen LogP contribution is -2.39. The molecule has 64 valence electrons. The van der Waals surface area contributed by atoms with Gasteiger partial charge in [0.15, 0.2) is 0 Å². The van der Waals surface area contributed by atoms with E-state index in [1.165, 1.54) is 12.7 Å². The van der Waals surface area contributed by atoms with Crippen LogP contribution in [0.4, 0.5) is 0 Å². The standard InChI is InChI=1S/C7H10N4O/c12-7(6-8-4-9-11-6)10-5-2-1-3-5/h4-5H,1-3H2,(H,10,12)(H,8,9,11). The van der Waals surface area contributed by atoms with E-state index in [0.29, 0.717) is 11.9 Å². The van der Waals surface area contributed by atoms with E-state index >= 15 is 0 Å². The van der Waals surface area contributed by atoms with E-state index in [4.69, 9.17) is 0 Å². The number of amides is 1. The topological polar surface area (TPSA) is 70.7 Å². The molecule has 5 nitrogen and oxygen atoms in total. The molecule has 0 aromatic carbocycles. The zero-order valence-electron chi connectivity index (χ0n) is 6.58. The van der Waals surface area contributed by atoms with Gasteiger partial charge >= 0.3 is 0 Å². The summed E-state index contributed by atoms with van der Waals surface area (Å²) in [6, 6.07) is 0.350. The van der Waals surface area contributed by atoms with Crippen LogP contribution >= 0.6 is 0 Å². The van der Waals surface area contributed by atoms with Gasteiger partial charge < -0.3 is 5.32 Å². The molecule has 0 aliphatic heterocycles. The summed E-state index contributed by atoms with van der Waals surface area (Å²) in [6.07, 6.45) is 4.71. The molecule has 2 N–H and O–H groups in total. The van der Waals surface area contributed by atoms with Crippen molar-refractivity contribution in [3.8, 4) is 0 Å². The highest BCUT2D eigenvalue weighted by atomic mass is 16.2. The summed E-state index contributed by atoms with van der Waals surface area (Å²) < 4.78 is 0. The van der Waals surface area contributed by atoms with Crippen molar-refractivity contribution in [2.75, 3.05) is 0 Å². The summed E-state index contributed by atoms with van der Waals surface area (Å²) >= 11 is 0. The summed E-state index contributed by atoms with van der Waals surface area (Å²) in [5, 5.41) is 8.96. The van der Waals surface area contributed by atoms with Crippen LogP contribution < -0.4 is 5.32 Å². The van der Waals surface area contributed by atoms with Gasteiger partial charge in [-0.25, -0.2) is 4.98 Å². The molecule has 0 atom stereocenters. The monoisotopic (exact) mass is 166 g/mol. The van der Waals surface area contributed by atoms with Crippen LogP contribution in [0.5, 0.6) is 0 Å². The van der Waals surface area contributed by atoms with Crippen LogP contribution in [0.1, 0.15) is 29.9 Å². The maximum absolute atomic E-state index is 11.3. The maximum atomic E-state index is 11.3. The maximum Gasteiger partial charge on any atom is 0.288 e. The molecule has 0 bridgehead atoms. The first-order chi connectivity index (χ1) is 5.86. The average Bonchev–Trinajstić information content (AvgIpc) is 2.47. The van der Waals surface area contributed by atoms with Crippen molar-refractivity contribution in [1.82, 2.24) is 20.5 Å². The smallest absolute Gasteiger partial charge is 0.288 e. The van der Waals surface area contributed by atoms with E-state index in [1.807, 2.05) is 0 Å². The van der Waals surface area contributed by atoms with Crippen molar-refractivity contribution < 1.29 is 4.79 Å². The predicted octanol–water partition coefficient (Wildman–Crippen LogP) is 0.0870. The molecule has 1 saturated carbocycles. The molecular formula is C7H10N4O. The van der Waals surface area contributed by atoms with Gasteiger partial charge in [-0.1, -0.05) is 0 Å². The SMILES string of the molecule is O=C(NC1CCC1)c1ncn[nH]1. The van der Waals surface area contributed by atoms with E-state index in [0.717, 1.165) is 12.8 Å². The van der Waals surface area contributed by atoms with E-state index in [9.17, 15) is 4.79 Å². The van der Waals surface area contributed by atoms with Crippen molar-refractivity contribution in [3.05, 3.63) is 12.2 Å². The molecule has 1 heterocycles. The van der Waals surface area contributed by atoms with Crippen molar-refractivity contribution in [2.45, 2.75) is 25.3 Å². The Hall–Kier alpha value is -1.39. The molecule has 0 unspecified atom stereocenters. The first-order valence-corrected chi connectivity index (χ1v) is 4.02. The predicted molar refractivity (Wildman–Crippen MR) is 41.5 cm³/mol. The van der Waals surface area contributed by atoms with E-state index < -0.39 is 0 Å². The van der Waals surface area contributed by atoms with Gasteiger partial charge in [0.25, 0.3) is 5.91 Å². The number of carbonyl (C=O) groups excluding carboxylic acids is 1. The summed E-state index contributed by atoms with van der Waals surface area (Å²) in [6.45, 7) is 0. The van der Waals surface area contributed by atoms with Crippen LogP contribution in [-0.4, -0.2) is 27.1 Å². The number of nitrogens with zero attached hydrogens (tertiary/aromatic N) is 2. The van der Waals surface area contributed by atoms with Gasteiger partial charge in [0.05, 0.1) is 0 Å². The van der Waals surface area contributed by atoms with Crippen LogP contribution in [0.25, 0.3) is 0 Å². The van der Waals surface area contributed by atoms with E-state index in [-0.39, 0.29) is 5.91 Å². The van der Waals surface area contributed by atoms with Crippen LogP contribution in [0.15, 0.2) is 6.33 Å². The van der Waals surface area contributed by atoms with Crippen LogP contribution in [0.2, 0.25) is 0 Å². The van der Waals surface area contributed by atoms with Crippen LogP contribution in [0.3, 0.4) is 0 Å². The average molecular weight is 166 g/mol. The van der Waals surface area contributed by atoms with E-state index in [1.54, 1.807) is 0 Å². The molecule has 1 amide bonds. The third-order valence-corrected chi connectivity index (χ3v) is 2.07. The Morgan fingerprint density at radius 2 is 2.50 bits per heavy atom. The van der Waals surface area contributed by atoms with Gasteiger partial charge in [-0.15, -0.1) is 0 Å². The normalized spacial score (nSPS) is 17.0. The van der Waals surface area contributed by atoms with Crippen molar-refractivity contribution >= 4 is 5.91 Å². The summed E-state index contributed by atoms with van der Waals surface area (Å²) in [7, 11) is 0. The number of hydrogen-bond donors (Lipinski definition) is 2. The summed E-state index contributed by atoms with van der Waals surface area (Å²) in [5.74, 6) is 0.138. The molecule has 1 aromatic rings. The largest absolute Gasteiger partial charge is 0.347 e. The van der Waals surface area contributed by atoms with Gasteiger partial charge in [-0.2, -0.15) is 5.10 Å². The highest BCUT2D eigenvalue weighted by Gasteiger charge is 2.20. The molecule has 1 aromatic heterocycles. The first kappa shape index (κ1) is 7.27. The Kier molecular flexibility index (Phi) is 1.77. The number of aromatic nitrogens is 3. The van der Waals surface area contributed by atoms with E-state index in [2.05, 4.69) is 20.5 Å². The highest BCUT2D eigenvalue weighted by molar-refractivity contribution is 5.90. The lowest BCUT2D eigenvalue weighted by Gasteiger charge is -2.25. The molecule has 0 radical (unpaired) electrons. The lowest BCUT2D eigenvalue weighted by atomic mass is 9.93. The quantitative estimate of drug-likeness (QED) is 0.654. The zero-order valence-corrected chi connectivity index (χ0v) is 6.58. The second-order valence-corrected chi connectivity index (χ2v) is 2.94. The molecular weight excluding hydrogens is 156 g/mol. The third-order valence-electron chi connectivity index (χ3n) is 2.07. The minimum Gasteiger partial charge on any atom is -0.347 e. The van der Waals surface area contributed by atoms with Crippen molar-refractivity contribution in [3.63, 3.8) is 0 Å². The Morgan fingerprint density at radius 1 is 1.67 bits per heavy atom. The van der Waals surface area contributed by atoms with Gasteiger partial charge in [-0.05, 0) is 19.3 Å². The van der Waals surface area contributed by atoms with Gasteiger partial charge in [0.1, 0.15) is 6.33 Å². The summed E-state index contributed by atoms with van der Waals surface area (Å²) in [4.78, 5) is 15.0. The fourth-order valence-corrected chi connectivity index (χ4v) is 1.12. The number of aromatic amines is 1. The zero-order chi connectivity index (χ0) is 8.39. The number of H-pyrrole nitrogens is 1. The molecule has 0 spiro atoms. The van der Waals surface area contributed by atoms with Gasteiger partial charge in [0.2, 0.25) is 5.82 Å².